The third kappa shape index (κ3) is 3.13. The molecule has 7 nitrogen and oxygen atoms in total. The van der Waals surface area contributed by atoms with Gasteiger partial charge in [0.15, 0.2) is 5.03 Å². The van der Waals surface area contributed by atoms with Crippen LogP contribution in [0.3, 0.4) is 0 Å². The van der Waals surface area contributed by atoms with Gasteiger partial charge in [0, 0.05) is 51.8 Å². The molecule has 4 aliphatic rings. The van der Waals surface area contributed by atoms with Crippen molar-refractivity contribution >= 4 is 10.0 Å². The lowest BCUT2D eigenvalue weighted by molar-refractivity contribution is -0.148. The molecular weight excluding hydrogens is 373 g/mol. The van der Waals surface area contributed by atoms with Crippen LogP contribution in [0.15, 0.2) is 11.1 Å². The fourth-order valence-electron chi connectivity index (χ4n) is 4.32. The van der Waals surface area contributed by atoms with Crippen molar-refractivity contribution in [1.82, 2.24) is 19.6 Å². The molecule has 4 rings (SSSR count). The fraction of sp³-hybridized carbons (Fsp3) is 0.867. The Morgan fingerprint density at radius 1 is 1.31 bits per heavy atom. The summed E-state index contributed by atoms with van der Waals surface area (Å²) < 4.78 is 70.5. The molecule has 4 heterocycles. The van der Waals surface area contributed by atoms with Crippen LogP contribution in [0.4, 0.5) is 13.2 Å². The van der Waals surface area contributed by atoms with Crippen molar-refractivity contribution in [2.24, 2.45) is 11.3 Å². The summed E-state index contributed by atoms with van der Waals surface area (Å²) in [6, 6.07) is -1.97. The van der Waals surface area contributed by atoms with Crippen LogP contribution in [0.5, 0.6) is 0 Å². The molecule has 0 saturated carbocycles. The van der Waals surface area contributed by atoms with Crippen LogP contribution in [0.2, 0.25) is 0 Å². The van der Waals surface area contributed by atoms with E-state index in [1.165, 1.54) is 11.4 Å². The Morgan fingerprint density at radius 2 is 2.00 bits per heavy atom. The van der Waals surface area contributed by atoms with Crippen LogP contribution in [0, 0.1) is 11.3 Å². The van der Waals surface area contributed by atoms with Crippen molar-refractivity contribution in [1.29, 1.82) is 0 Å². The van der Waals surface area contributed by atoms with E-state index in [-0.39, 0.29) is 10.4 Å². The summed E-state index contributed by atoms with van der Waals surface area (Å²) in [5.41, 5.74) is 2.10. The van der Waals surface area contributed by atoms with Gasteiger partial charge in [0.2, 0.25) is 0 Å². The molecule has 4 aliphatic heterocycles. The average molecular weight is 396 g/mol. The molecule has 0 aromatic rings. The molecule has 3 fully saturated rings. The zero-order valence-corrected chi connectivity index (χ0v) is 15.3. The van der Waals surface area contributed by atoms with Crippen LogP contribution in [-0.2, 0) is 14.8 Å². The smallest absolute Gasteiger partial charge is 0.381 e. The Kier molecular flexibility index (Phi) is 4.31. The number of sulfonamides is 1. The predicted octanol–water partition coefficient (Wildman–Crippen LogP) is 0.193. The van der Waals surface area contributed by atoms with Gasteiger partial charge in [-0.1, -0.05) is 0 Å². The Hall–Kier alpha value is -0.880. The number of hydrogen-bond donors (Lipinski definition) is 1. The predicted molar refractivity (Wildman–Crippen MR) is 87.1 cm³/mol. The van der Waals surface area contributed by atoms with Gasteiger partial charge in [-0.15, -0.1) is 0 Å². The van der Waals surface area contributed by atoms with Crippen LogP contribution in [0.1, 0.15) is 6.42 Å². The first kappa shape index (κ1) is 18.5. The highest BCUT2D eigenvalue weighted by Crippen LogP contribution is 2.43. The van der Waals surface area contributed by atoms with Gasteiger partial charge in [-0.2, -0.15) is 17.5 Å². The van der Waals surface area contributed by atoms with Crippen molar-refractivity contribution < 1.29 is 26.3 Å². The molecule has 0 aromatic carbocycles. The molecule has 0 amide bonds. The number of nitrogens with zero attached hydrogens (tertiary/aromatic N) is 3. The molecule has 148 valence electrons. The van der Waals surface area contributed by atoms with Crippen molar-refractivity contribution in [3.63, 3.8) is 0 Å². The summed E-state index contributed by atoms with van der Waals surface area (Å²) in [5.74, 6) is 0.551. The zero-order chi connectivity index (χ0) is 18.7. The van der Waals surface area contributed by atoms with Crippen molar-refractivity contribution in [2.45, 2.75) is 18.6 Å². The number of hydrazine groups is 1. The number of ether oxygens (including phenoxy) is 1. The monoisotopic (exact) mass is 396 g/mol. The number of halogens is 3. The van der Waals surface area contributed by atoms with E-state index in [9.17, 15) is 21.6 Å². The van der Waals surface area contributed by atoms with Gasteiger partial charge in [0.25, 0.3) is 10.0 Å². The van der Waals surface area contributed by atoms with Gasteiger partial charge in [0.1, 0.15) is 6.04 Å². The van der Waals surface area contributed by atoms with Crippen LogP contribution < -0.4 is 5.43 Å². The highest BCUT2D eigenvalue weighted by atomic mass is 32.2. The number of rotatable bonds is 4. The second kappa shape index (κ2) is 6.06. The Labute approximate surface area is 150 Å². The van der Waals surface area contributed by atoms with Crippen molar-refractivity contribution in [3.8, 4) is 0 Å². The van der Waals surface area contributed by atoms with E-state index < -0.39 is 22.2 Å². The summed E-state index contributed by atoms with van der Waals surface area (Å²) in [7, 11) is -2.62. The van der Waals surface area contributed by atoms with Crippen LogP contribution >= 0.6 is 0 Å². The molecule has 0 bridgehead atoms. The molecule has 0 aromatic heterocycles. The lowest BCUT2D eigenvalue weighted by Gasteiger charge is -2.60. The van der Waals surface area contributed by atoms with Crippen molar-refractivity contribution in [3.05, 3.63) is 11.1 Å². The molecular formula is C15H23F3N4O3S. The number of alkyl halides is 3. The summed E-state index contributed by atoms with van der Waals surface area (Å²) in [6.45, 7) is 4.99. The molecule has 0 radical (unpaired) electrons. The minimum absolute atomic E-state index is 0.0406. The molecule has 2 atom stereocenters. The third-order valence-electron chi connectivity index (χ3n) is 5.61. The maximum atomic E-state index is 12.8. The Morgan fingerprint density at radius 3 is 2.54 bits per heavy atom. The highest BCUT2D eigenvalue weighted by Gasteiger charge is 2.56. The number of hydrogen-bond acceptors (Lipinski definition) is 6. The standard InChI is InChI=1S/C15H23F3N4O3S/c1-20-13(4-12(19-20)15(16,17)18)26(23,24)22-9-14(10-22)7-21(8-14)5-11-2-3-25-6-11/h4,11-12,19H,2-3,5-10H2,1H3/t11-,12?/m1/s1. The van der Waals surface area contributed by atoms with E-state index in [0.29, 0.717) is 19.0 Å². The van der Waals surface area contributed by atoms with Gasteiger partial charge in [-0.05, 0) is 18.4 Å². The number of nitrogens with one attached hydrogen (secondary N) is 1. The molecule has 0 aliphatic carbocycles. The lowest BCUT2D eigenvalue weighted by atomic mass is 9.74. The van der Waals surface area contributed by atoms with Crippen LogP contribution in [0.25, 0.3) is 0 Å². The van der Waals surface area contributed by atoms with Gasteiger partial charge in [-0.3, -0.25) is 5.01 Å². The van der Waals surface area contributed by atoms with Crippen molar-refractivity contribution in [2.75, 3.05) is 53.0 Å². The quantitative estimate of drug-likeness (QED) is 0.732. The largest absolute Gasteiger partial charge is 0.409 e. The SMILES string of the molecule is CN1NC(C(F)(F)F)C=C1S(=O)(=O)N1CC2(CN(C[C@H]3CCOC3)C2)C1. The normalized spacial score (nSPS) is 32.6. The fourth-order valence-corrected chi connectivity index (χ4v) is 6.18. The minimum atomic E-state index is -4.53. The molecule has 3 saturated heterocycles. The maximum absolute atomic E-state index is 12.8. The summed E-state index contributed by atoms with van der Waals surface area (Å²) in [5, 5.41) is 0.625. The van der Waals surface area contributed by atoms with Gasteiger partial charge in [0.05, 0.1) is 6.61 Å². The molecule has 1 spiro atoms. The second-order valence-corrected chi connectivity index (χ2v) is 9.77. The minimum Gasteiger partial charge on any atom is -0.381 e. The molecule has 11 heteroatoms. The van der Waals surface area contributed by atoms with Gasteiger partial charge < -0.3 is 9.64 Å². The van der Waals surface area contributed by atoms with E-state index in [1.54, 1.807) is 0 Å². The molecule has 1 N–H and O–H groups in total. The van der Waals surface area contributed by atoms with E-state index in [1.807, 2.05) is 0 Å². The van der Waals surface area contributed by atoms with E-state index in [0.717, 1.165) is 50.4 Å². The van der Waals surface area contributed by atoms with Gasteiger partial charge in [-0.25, -0.2) is 13.8 Å². The maximum Gasteiger partial charge on any atom is 0.409 e. The molecule has 1 unspecified atom stereocenters. The molecule has 26 heavy (non-hydrogen) atoms. The Balaban J connectivity index is 1.34. The number of likely N-dealkylation sites (tertiary alicyclic amines) is 1. The Bertz CT molecular complexity index is 691. The topological polar surface area (TPSA) is 65.1 Å². The van der Waals surface area contributed by atoms with E-state index in [4.69, 9.17) is 4.74 Å². The van der Waals surface area contributed by atoms with E-state index in [2.05, 4.69) is 10.3 Å². The average Bonchev–Trinajstić information content (AvgIpc) is 3.08. The van der Waals surface area contributed by atoms with Gasteiger partial charge >= 0.3 is 6.18 Å². The summed E-state index contributed by atoms with van der Waals surface area (Å²) in [4.78, 5) is 2.31. The van der Waals surface area contributed by atoms with Crippen LogP contribution in [-0.4, -0.2) is 87.8 Å². The first-order valence-corrected chi connectivity index (χ1v) is 10.1. The lowest BCUT2D eigenvalue weighted by Crippen LogP contribution is -2.73. The zero-order valence-electron chi connectivity index (χ0n) is 14.5. The summed E-state index contributed by atoms with van der Waals surface area (Å²) in [6.07, 6.45) is -2.72. The first-order chi connectivity index (χ1) is 12.1. The van der Waals surface area contributed by atoms with E-state index >= 15 is 0 Å². The second-order valence-electron chi connectivity index (χ2n) is 7.88. The summed E-state index contributed by atoms with van der Waals surface area (Å²) >= 11 is 0. The first-order valence-electron chi connectivity index (χ1n) is 8.68. The third-order valence-corrected chi connectivity index (χ3v) is 7.49. The highest BCUT2D eigenvalue weighted by molar-refractivity contribution is 7.93.